The fraction of sp³-hybridized carbons (Fsp3) is 0.526. The molecule has 2 N–H and O–H groups in total. The second kappa shape index (κ2) is 7.81. The molecule has 1 fully saturated rings. The third kappa shape index (κ3) is 3.62. The van der Waals surface area contributed by atoms with Gasteiger partial charge in [-0.25, -0.2) is 4.79 Å². The number of fused-ring (bicyclic) bond motifs is 1. The molecule has 0 unspecified atom stereocenters. The van der Waals surface area contributed by atoms with Crippen LogP contribution < -0.4 is 5.32 Å². The lowest BCUT2D eigenvalue weighted by Crippen LogP contribution is -2.44. The zero-order valence-corrected chi connectivity index (χ0v) is 14.4. The molecule has 1 aromatic heterocycles. The van der Waals surface area contributed by atoms with Crippen molar-refractivity contribution in [2.75, 3.05) is 32.7 Å². The van der Waals surface area contributed by atoms with Gasteiger partial charge in [-0.2, -0.15) is 0 Å². The molecule has 0 bridgehead atoms. The first-order chi connectivity index (χ1) is 11.7. The van der Waals surface area contributed by atoms with Crippen molar-refractivity contribution in [3.63, 3.8) is 0 Å². The molecule has 1 aromatic carbocycles. The first-order valence-corrected chi connectivity index (χ1v) is 8.97. The number of nitrogens with one attached hydrogen (secondary N) is 1. The molecular weight excluding hydrogens is 302 g/mol. The van der Waals surface area contributed by atoms with Crippen molar-refractivity contribution in [3.05, 3.63) is 35.5 Å². The highest BCUT2D eigenvalue weighted by atomic mass is 16.4. The average molecular weight is 329 g/mol. The minimum absolute atomic E-state index is 0.414. The molecule has 1 aliphatic heterocycles. The minimum Gasteiger partial charge on any atom is -0.478 e. The lowest BCUT2D eigenvalue weighted by Gasteiger charge is -2.26. The largest absolute Gasteiger partial charge is 0.478 e. The molecule has 24 heavy (non-hydrogen) atoms. The number of rotatable bonds is 7. The van der Waals surface area contributed by atoms with Gasteiger partial charge in [0, 0.05) is 50.9 Å². The van der Waals surface area contributed by atoms with Gasteiger partial charge in [-0.3, -0.25) is 0 Å². The second-order valence-electron chi connectivity index (χ2n) is 6.55. The topological polar surface area (TPSA) is 57.5 Å². The number of hydrogen-bond acceptors (Lipinski definition) is 3. The van der Waals surface area contributed by atoms with Gasteiger partial charge in [-0.15, -0.1) is 0 Å². The number of nitrogens with zero attached hydrogens (tertiary/aromatic N) is 2. The fourth-order valence-corrected chi connectivity index (χ4v) is 3.52. The number of carbonyl (C=O) groups is 1. The summed E-state index contributed by atoms with van der Waals surface area (Å²) in [6.45, 7) is 8.37. The van der Waals surface area contributed by atoms with Crippen molar-refractivity contribution in [2.45, 2.75) is 32.7 Å². The van der Waals surface area contributed by atoms with Crippen molar-refractivity contribution >= 4 is 16.9 Å². The van der Waals surface area contributed by atoms with E-state index in [1.165, 1.54) is 5.56 Å². The van der Waals surface area contributed by atoms with Gasteiger partial charge in [0.25, 0.3) is 0 Å². The Labute approximate surface area is 143 Å². The number of aromatic carboxylic acids is 1. The van der Waals surface area contributed by atoms with Gasteiger partial charge < -0.3 is 19.9 Å². The van der Waals surface area contributed by atoms with Crippen LogP contribution >= 0.6 is 0 Å². The van der Waals surface area contributed by atoms with Gasteiger partial charge >= 0.3 is 5.97 Å². The van der Waals surface area contributed by atoms with Crippen molar-refractivity contribution in [1.82, 2.24) is 14.8 Å². The van der Waals surface area contributed by atoms with Crippen LogP contribution in [0.2, 0.25) is 0 Å². The number of carboxylic acids is 1. The predicted molar refractivity (Wildman–Crippen MR) is 96.8 cm³/mol. The Kier molecular flexibility index (Phi) is 5.53. The van der Waals surface area contributed by atoms with Crippen LogP contribution in [0.1, 0.15) is 35.7 Å². The highest BCUT2D eigenvalue weighted by Gasteiger charge is 2.17. The lowest BCUT2D eigenvalue weighted by atomic mass is 10.1. The fourth-order valence-electron chi connectivity index (χ4n) is 3.52. The Balaban J connectivity index is 1.89. The van der Waals surface area contributed by atoms with E-state index in [0.29, 0.717) is 5.56 Å². The van der Waals surface area contributed by atoms with Crippen molar-refractivity contribution in [3.8, 4) is 0 Å². The van der Waals surface area contributed by atoms with Crippen LogP contribution in [0.4, 0.5) is 0 Å². The maximum atomic E-state index is 11.6. The van der Waals surface area contributed by atoms with E-state index < -0.39 is 5.97 Å². The lowest BCUT2D eigenvalue weighted by molar-refractivity contribution is 0.0698. The number of benzene rings is 1. The van der Waals surface area contributed by atoms with Crippen molar-refractivity contribution in [2.24, 2.45) is 0 Å². The number of para-hydroxylation sites is 1. The molecule has 2 heterocycles. The molecular formula is C19H27N3O2. The van der Waals surface area contributed by atoms with Gasteiger partial charge in [0.05, 0.1) is 11.1 Å². The standard InChI is InChI=1S/C19H27N3O2/c1-2-3-10-22-14-15(7-11-21-12-8-20-9-13-21)16-5-4-6-17(18(16)22)19(23)24/h4-6,14,20H,2-3,7-13H2,1H3,(H,23,24). The van der Waals surface area contributed by atoms with Crippen molar-refractivity contribution in [1.29, 1.82) is 0 Å². The summed E-state index contributed by atoms with van der Waals surface area (Å²) in [7, 11) is 0. The van der Waals surface area contributed by atoms with Crippen LogP contribution in [0.25, 0.3) is 10.9 Å². The molecule has 0 amide bonds. The Bertz CT molecular complexity index is 702. The zero-order valence-electron chi connectivity index (χ0n) is 14.4. The number of carboxylic acid groups (broad SMARTS) is 1. The van der Waals surface area contributed by atoms with Crippen LogP contribution in [-0.2, 0) is 13.0 Å². The zero-order chi connectivity index (χ0) is 16.9. The van der Waals surface area contributed by atoms with Crippen LogP contribution in [0.5, 0.6) is 0 Å². The van der Waals surface area contributed by atoms with Gasteiger partial charge in [0.15, 0.2) is 0 Å². The molecule has 2 aromatic rings. The Hall–Kier alpha value is -1.85. The smallest absolute Gasteiger partial charge is 0.337 e. The summed E-state index contributed by atoms with van der Waals surface area (Å²) in [6, 6.07) is 5.65. The summed E-state index contributed by atoms with van der Waals surface area (Å²) in [5, 5.41) is 14.0. The number of aromatic nitrogens is 1. The van der Waals surface area contributed by atoms with Crippen LogP contribution in [0.3, 0.4) is 0 Å². The number of aryl methyl sites for hydroxylation is 1. The molecule has 3 rings (SSSR count). The first-order valence-electron chi connectivity index (χ1n) is 8.97. The van der Waals surface area contributed by atoms with Crippen LogP contribution in [-0.4, -0.2) is 53.3 Å². The van der Waals surface area contributed by atoms with Gasteiger partial charge in [0.1, 0.15) is 0 Å². The number of piperazine rings is 1. The summed E-state index contributed by atoms with van der Waals surface area (Å²) < 4.78 is 2.15. The monoisotopic (exact) mass is 329 g/mol. The SMILES string of the molecule is CCCCn1cc(CCN2CCNCC2)c2cccc(C(=O)O)c21. The van der Waals surface area contributed by atoms with E-state index in [2.05, 4.69) is 34.0 Å². The molecule has 130 valence electrons. The summed E-state index contributed by atoms with van der Waals surface area (Å²) in [6.07, 6.45) is 5.31. The third-order valence-corrected chi connectivity index (χ3v) is 4.87. The molecule has 0 saturated carbocycles. The van der Waals surface area contributed by atoms with Crippen LogP contribution in [0.15, 0.2) is 24.4 Å². The highest BCUT2D eigenvalue weighted by molar-refractivity contribution is 6.03. The maximum Gasteiger partial charge on any atom is 0.337 e. The molecule has 0 radical (unpaired) electrons. The quantitative estimate of drug-likeness (QED) is 0.820. The van der Waals surface area contributed by atoms with Crippen molar-refractivity contribution < 1.29 is 9.90 Å². The first kappa shape index (κ1) is 17.0. The van der Waals surface area contributed by atoms with E-state index in [4.69, 9.17) is 0 Å². The van der Waals surface area contributed by atoms with E-state index in [1.807, 2.05) is 6.07 Å². The van der Waals surface area contributed by atoms with Gasteiger partial charge in [0.2, 0.25) is 0 Å². The molecule has 1 aliphatic rings. The summed E-state index contributed by atoms with van der Waals surface area (Å²) in [5.41, 5.74) is 2.56. The van der Waals surface area contributed by atoms with Gasteiger partial charge in [-0.05, 0) is 24.5 Å². The van der Waals surface area contributed by atoms with E-state index in [0.717, 1.165) is 69.4 Å². The molecule has 1 saturated heterocycles. The normalized spacial score (nSPS) is 15.9. The molecule has 5 heteroatoms. The van der Waals surface area contributed by atoms with Crippen LogP contribution in [0, 0.1) is 0 Å². The minimum atomic E-state index is -0.842. The van der Waals surface area contributed by atoms with E-state index in [1.54, 1.807) is 6.07 Å². The summed E-state index contributed by atoms with van der Waals surface area (Å²) in [4.78, 5) is 14.1. The molecule has 0 aliphatic carbocycles. The molecule has 0 atom stereocenters. The molecule has 0 spiro atoms. The third-order valence-electron chi connectivity index (χ3n) is 4.87. The molecule has 5 nitrogen and oxygen atoms in total. The Morgan fingerprint density at radius 1 is 1.25 bits per heavy atom. The second-order valence-corrected chi connectivity index (χ2v) is 6.55. The average Bonchev–Trinajstić information content (AvgIpc) is 2.97. The Morgan fingerprint density at radius 3 is 2.75 bits per heavy atom. The maximum absolute atomic E-state index is 11.6. The predicted octanol–water partition coefficient (Wildman–Crippen LogP) is 2.59. The van der Waals surface area contributed by atoms with E-state index in [9.17, 15) is 9.90 Å². The summed E-state index contributed by atoms with van der Waals surface area (Å²) in [5.74, 6) is -0.842. The Morgan fingerprint density at radius 2 is 2.04 bits per heavy atom. The number of unbranched alkanes of at least 4 members (excludes halogenated alkanes) is 1. The highest BCUT2D eigenvalue weighted by Crippen LogP contribution is 2.26. The van der Waals surface area contributed by atoms with E-state index >= 15 is 0 Å². The van der Waals surface area contributed by atoms with E-state index in [-0.39, 0.29) is 0 Å². The summed E-state index contributed by atoms with van der Waals surface area (Å²) >= 11 is 0. The number of hydrogen-bond donors (Lipinski definition) is 2. The van der Waals surface area contributed by atoms with Gasteiger partial charge in [-0.1, -0.05) is 25.5 Å².